The highest BCUT2D eigenvalue weighted by Gasteiger charge is 2.17. The van der Waals surface area contributed by atoms with Crippen LogP contribution in [-0.4, -0.2) is 60.0 Å². The number of nitrogens with two attached hydrogens (primary N) is 1. The van der Waals surface area contributed by atoms with Gasteiger partial charge in [0.2, 0.25) is 11.9 Å². The molecule has 2 heterocycles. The van der Waals surface area contributed by atoms with Gasteiger partial charge in [-0.25, -0.2) is 4.79 Å². The van der Waals surface area contributed by atoms with E-state index < -0.39 is 6.03 Å². The van der Waals surface area contributed by atoms with Crippen LogP contribution in [0.15, 0.2) is 48.5 Å². The number of anilines is 4. The summed E-state index contributed by atoms with van der Waals surface area (Å²) >= 11 is 0. The summed E-state index contributed by atoms with van der Waals surface area (Å²) in [6.07, 6.45) is 3.17. The first-order valence-electron chi connectivity index (χ1n) is 11.1. The number of benzene rings is 2. The van der Waals surface area contributed by atoms with Gasteiger partial charge < -0.3 is 31.3 Å². The van der Waals surface area contributed by atoms with Crippen molar-refractivity contribution in [2.45, 2.75) is 13.0 Å². The van der Waals surface area contributed by atoms with Crippen LogP contribution in [0.3, 0.4) is 0 Å². The highest BCUT2D eigenvalue weighted by molar-refractivity contribution is 5.92. The van der Waals surface area contributed by atoms with Gasteiger partial charge in [0.05, 0.1) is 7.11 Å². The summed E-state index contributed by atoms with van der Waals surface area (Å²) < 4.78 is 6.58. The smallest absolute Gasteiger partial charge is 0.349 e. The number of aromatic nitrogens is 3. The van der Waals surface area contributed by atoms with E-state index in [2.05, 4.69) is 37.0 Å². The zero-order valence-electron chi connectivity index (χ0n) is 19.6. The number of carbonyl (C=O) groups excluding carboxylic acids is 1. The fraction of sp³-hybridized carbons (Fsp3) is 0.292. The summed E-state index contributed by atoms with van der Waals surface area (Å²) in [5.74, 6) is 0.892. The summed E-state index contributed by atoms with van der Waals surface area (Å²) in [7, 11) is 5.65. The van der Waals surface area contributed by atoms with E-state index >= 15 is 0 Å². The molecule has 1 amide bonds. The molecule has 0 saturated heterocycles. The molecule has 0 fully saturated rings. The molecule has 0 unspecified atom stereocenters. The molecule has 1 aromatic heterocycles. The van der Waals surface area contributed by atoms with E-state index in [1.54, 1.807) is 13.2 Å². The Labute approximate surface area is 198 Å². The highest BCUT2D eigenvalue weighted by Crippen LogP contribution is 2.30. The second-order valence-corrected chi connectivity index (χ2v) is 8.31. The molecule has 0 radical (unpaired) electrons. The van der Waals surface area contributed by atoms with Gasteiger partial charge >= 0.3 is 6.03 Å². The molecule has 3 aromatic rings. The van der Waals surface area contributed by atoms with E-state index in [0.29, 0.717) is 11.4 Å². The first kappa shape index (κ1) is 23.3. The maximum atomic E-state index is 12.8. The highest BCUT2D eigenvalue weighted by atomic mass is 16.5. The molecule has 178 valence electrons. The molecule has 10 nitrogen and oxygen atoms in total. The molecule has 10 heteroatoms. The first-order valence-corrected chi connectivity index (χ1v) is 11.1. The van der Waals surface area contributed by atoms with Gasteiger partial charge in [-0.1, -0.05) is 18.2 Å². The van der Waals surface area contributed by atoms with Crippen molar-refractivity contribution in [2.75, 3.05) is 50.7 Å². The van der Waals surface area contributed by atoms with Crippen LogP contribution in [0.4, 0.5) is 28.1 Å². The minimum atomic E-state index is -0.521. The Bertz CT molecular complexity index is 1180. The molecule has 5 N–H and O–H groups in total. The minimum Gasteiger partial charge on any atom is -0.496 e. The summed E-state index contributed by atoms with van der Waals surface area (Å²) in [6.45, 7) is 2.60. The molecule has 34 heavy (non-hydrogen) atoms. The molecule has 4 rings (SSSR count). The van der Waals surface area contributed by atoms with Gasteiger partial charge in [0.1, 0.15) is 5.75 Å². The maximum Gasteiger partial charge on any atom is 0.349 e. The monoisotopic (exact) mass is 462 g/mol. The fourth-order valence-corrected chi connectivity index (χ4v) is 3.77. The maximum absolute atomic E-state index is 12.8. The molecule has 1 aliphatic heterocycles. The lowest BCUT2D eigenvalue weighted by atomic mass is 10.0. The second kappa shape index (κ2) is 10.4. The lowest BCUT2D eigenvalue weighted by Crippen LogP contribution is -2.23. The van der Waals surface area contributed by atoms with E-state index in [4.69, 9.17) is 10.5 Å². The van der Waals surface area contributed by atoms with Crippen LogP contribution in [0.25, 0.3) is 5.57 Å². The molecule has 0 aliphatic carbocycles. The Hall–Kier alpha value is -3.89. The average molecular weight is 463 g/mol. The fourth-order valence-electron chi connectivity index (χ4n) is 3.77. The van der Waals surface area contributed by atoms with Crippen LogP contribution >= 0.6 is 0 Å². The number of nitrogen functional groups attached to an aromatic ring is 1. The minimum absolute atomic E-state index is 0.0220. The Kier molecular flexibility index (Phi) is 7.09. The summed E-state index contributed by atoms with van der Waals surface area (Å²) in [5.41, 5.74) is 10.7. The number of hydrogen-bond acceptors (Lipinski definition) is 8. The van der Waals surface area contributed by atoms with Crippen molar-refractivity contribution < 1.29 is 9.53 Å². The Morgan fingerprint density at radius 3 is 2.65 bits per heavy atom. The lowest BCUT2D eigenvalue weighted by molar-refractivity contribution is 0.251. The zero-order valence-corrected chi connectivity index (χ0v) is 19.6. The number of nitrogens with zero attached hydrogens (tertiary/aromatic N) is 4. The Balaban J connectivity index is 1.45. The van der Waals surface area contributed by atoms with Gasteiger partial charge in [0, 0.05) is 36.1 Å². The van der Waals surface area contributed by atoms with Crippen molar-refractivity contribution in [3.05, 3.63) is 59.7 Å². The van der Waals surface area contributed by atoms with E-state index in [1.165, 1.54) is 11.1 Å². The number of nitrogens with one attached hydrogen (secondary N) is 3. The van der Waals surface area contributed by atoms with Crippen LogP contribution in [-0.2, 0) is 6.54 Å². The van der Waals surface area contributed by atoms with E-state index in [1.807, 2.05) is 50.5 Å². The van der Waals surface area contributed by atoms with Crippen LogP contribution in [0, 0.1) is 0 Å². The normalized spacial score (nSPS) is 13.5. The molecule has 2 aromatic carbocycles. The van der Waals surface area contributed by atoms with Gasteiger partial charge in [0.15, 0.2) is 0 Å². The largest absolute Gasteiger partial charge is 0.496 e. The Morgan fingerprint density at radius 1 is 1.21 bits per heavy atom. The van der Waals surface area contributed by atoms with Gasteiger partial charge in [0.25, 0.3) is 0 Å². The third kappa shape index (κ3) is 5.53. The van der Waals surface area contributed by atoms with Crippen molar-refractivity contribution >= 4 is 34.9 Å². The van der Waals surface area contributed by atoms with Gasteiger partial charge in [-0.2, -0.15) is 4.98 Å². The third-order valence-electron chi connectivity index (χ3n) is 5.36. The van der Waals surface area contributed by atoms with Crippen LogP contribution in [0.1, 0.15) is 17.5 Å². The quantitative estimate of drug-likeness (QED) is 0.422. The molecule has 0 saturated carbocycles. The SMILES string of the molecule is COc1cc(NC(=O)n2nc(Nc3ccc(CN(C)C)cc3)nc2N)ccc1C1=CCCNC1. The summed E-state index contributed by atoms with van der Waals surface area (Å²) in [6, 6.07) is 12.9. The third-order valence-corrected chi connectivity index (χ3v) is 5.36. The number of rotatable bonds is 7. The van der Waals surface area contributed by atoms with Crippen molar-refractivity contribution in [2.24, 2.45) is 0 Å². The van der Waals surface area contributed by atoms with Crippen molar-refractivity contribution in [1.82, 2.24) is 25.0 Å². The first-order chi connectivity index (χ1) is 16.4. The molecule has 0 bridgehead atoms. The van der Waals surface area contributed by atoms with E-state index in [0.717, 1.165) is 42.0 Å². The molecule has 0 spiro atoms. The van der Waals surface area contributed by atoms with Crippen molar-refractivity contribution in [3.63, 3.8) is 0 Å². The number of carbonyl (C=O) groups is 1. The zero-order chi connectivity index (χ0) is 24.1. The molecule has 0 atom stereocenters. The predicted octanol–water partition coefficient (Wildman–Crippen LogP) is 3.13. The van der Waals surface area contributed by atoms with E-state index in [-0.39, 0.29) is 11.9 Å². The molecular weight excluding hydrogens is 432 g/mol. The van der Waals surface area contributed by atoms with Crippen molar-refractivity contribution in [3.8, 4) is 5.75 Å². The van der Waals surface area contributed by atoms with Gasteiger partial charge in [-0.3, -0.25) is 0 Å². The van der Waals surface area contributed by atoms with Crippen molar-refractivity contribution in [1.29, 1.82) is 0 Å². The van der Waals surface area contributed by atoms with Gasteiger partial charge in [-0.15, -0.1) is 9.78 Å². The second-order valence-electron chi connectivity index (χ2n) is 8.31. The topological polar surface area (TPSA) is 122 Å². The number of hydrogen-bond donors (Lipinski definition) is 4. The van der Waals surface area contributed by atoms with Crippen LogP contribution in [0.2, 0.25) is 0 Å². The van der Waals surface area contributed by atoms with E-state index in [9.17, 15) is 4.79 Å². The van der Waals surface area contributed by atoms with Gasteiger partial charge in [-0.05, 0) is 62.5 Å². The standard InChI is InChI=1S/C24H30N8O2/c1-31(2)15-16-6-8-18(9-7-16)27-23-29-22(25)32(30-23)24(33)28-19-10-11-20(21(13-19)34-3)17-5-4-12-26-14-17/h5-11,13,26H,4,12,14-15H2,1-3H3,(H,28,33)(H3,25,27,29,30). The summed E-state index contributed by atoms with van der Waals surface area (Å²) in [4.78, 5) is 19.1. The predicted molar refractivity (Wildman–Crippen MR) is 134 cm³/mol. The lowest BCUT2D eigenvalue weighted by Gasteiger charge is -2.18. The summed E-state index contributed by atoms with van der Waals surface area (Å²) in [5, 5.41) is 13.4. The van der Waals surface area contributed by atoms with Crippen LogP contribution < -0.4 is 26.4 Å². The Morgan fingerprint density at radius 2 is 1.97 bits per heavy atom. The number of amides is 1. The average Bonchev–Trinajstić information content (AvgIpc) is 3.20. The van der Waals surface area contributed by atoms with Crippen LogP contribution in [0.5, 0.6) is 5.75 Å². The molecule has 1 aliphatic rings. The number of methoxy groups -OCH3 is 1. The number of ether oxygens (including phenoxy) is 1. The molecular formula is C24H30N8O2.